The van der Waals surface area contributed by atoms with E-state index >= 15 is 0 Å². The zero-order valence-corrected chi connectivity index (χ0v) is 10.2. The van der Waals surface area contributed by atoms with Gasteiger partial charge in [-0.05, 0) is 0 Å². The Labute approximate surface area is 99.4 Å². The van der Waals surface area contributed by atoms with Crippen molar-refractivity contribution in [2.24, 2.45) is 5.14 Å². The van der Waals surface area contributed by atoms with E-state index in [1.54, 1.807) is 0 Å². The maximum Gasteiger partial charge on any atom is 0.326 e. The molecule has 9 heteroatoms. The van der Waals surface area contributed by atoms with Crippen molar-refractivity contribution in [1.29, 1.82) is 0 Å². The molecule has 0 aromatic carbocycles. The lowest BCUT2D eigenvalue weighted by Crippen LogP contribution is -2.50. The summed E-state index contributed by atoms with van der Waals surface area (Å²) in [6.45, 7) is 2.28. The summed E-state index contributed by atoms with van der Waals surface area (Å²) in [5.41, 5.74) is 0. The van der Waals surface area contributed by atoms with E-state index in [0.717, 1.165) is 0 Å². The summed E-state index contributed by atoms with van der Waals surface area (Å²) in [5, 5.41) is 4.99. The topological polar surface area (TPSA) is 92.9 Å². The van der Waals surface area contributed by atoms with Gasteiger partial charge in [-0.3, -0.25) is 4.79 Å². The van der Waals surface area contributed by atoms with Crippen molar-refractivity contribution < 1.29 is 17.5 Å². The molecule has 0 spiro atoms. The SMILES string of the molecule is NS(=O)(=O)N1CCN(CCC(=O)OCl)CC1. The van der Waals surface area contributed by atoms with Crippen molar-refractivity contribution in [3.8, 4) is 0 Å². The normalized spacial score (nSPS) is 19.6. The third kappa shape index (κ3) is 4.22. The highest BCUT2D eigenvalue weighted by molar-refractivity contribution is 7.86. The van der Waals surface area contributed by atoms with Crippen LogP contribution in [0.25, 0.3) is 0 Å². The van der Waals surface area contributed by atoms with Gasteiger partial charge in [-0.1, -0.05) is 0 Å². The van der Waals surface area contributed by atoms with Crippen LogP contribution < -0.4 is 5.14 Å². The molecule has 16 heavy (non-hydrogen) atoms. The van der Waals surface area contributed by atoms with Crippen molar-refractivity contribution in [2.75, 3.05) is 32.7 Å². The van der Waals surface area contributed by atoms with E-state index in [-0.39, 0.29) is 6.42 Å². The number of rotatable bonds is 4. The van der Waals surface area contributed by atoms with E-state index < -0.39 is 16.2 Å². The molecule has 0 aromatic rings. The van der Waals surface area contributed by atoms with Crippen LogP contribution in [0.1, 0.15) is 6.42 Å². The minimum Gasteiger partial charge on any atom is -0.348 e. The number of hydrogen-bond acceptors (Lipinski definition) is 5. The largest absolute Gasteiger partial charge is 0.348 e. The fourth-order valence-electron chi connectivity index (χ4n) is 1.50. The van der Waals surface area contributed by atoms with Crippen molar-refractivity contribution in [3.05, 3.63) is 0 Å². The number of nitrogens with zero attached hydrogens (tertiary/aromatic N) is 2. The molecular weight excluding hydrogens is 258 g/mol. The molecule has 0 atom stereocenters. The van der Waals surface area contributed by atoms with Crippen LogP contribution in [0.4, 0.5) is 0 Å². The summed E-state index contributed by atoms with van der Waals surface area (Å²) in [5.74, 6) is -0.490. The second-order valence-electron chi connectivity index (χ2n) is 3.48. The predicted molar refractivity (Wildman–Crippen MR) is 57.7 cm³/mol. The summed E-state index contributed by atoms with van der Waals surface area (Å²) in [6, 6.07) is 0. The first-order valence-corrected chi connectivity index (χ1v) is 6.56. The van der Waals surface area contributed by atoms with Crippen molar-refractivity contribution in [1.82, 2.24) is 9.21 Å². The molecule has 1 saturated heterocycles. The Balaban J connectivity index is 2.30. The predicted octanol–water partition coefficient (Wildman–Crippen LogP) is -1.11. The van der Waals surface area contributed by atoms with Gasteiger partial charge in [0.25, 0.3) is 10.2 Å². The van der Waals surface area contributed by atoms with E-state index in [1.165, 1.54) is 4.31 Å². The van der Waals surface area contributed by atoms with E-state index in [1.807, 2.05) is 4.90 Å². The average Bonchev–Trinajstić information content (AvgIpc) is 2.25. The Morgan fingerprint density at radius 3 is 2.31 bits per heavy atom. The minimum atomic E-state index is -3.59. The molecule has 0 unspecified atom stereocenters. The lowest BCUT2D eigenvalue weighted by atomic mass is 10.3. The lowest BCUT2D eigenvalue weighted by molar-refractivity contribution is -0.134. The molecule has 7 nitrogen and oxygen atoms in total. The van der Waals surface area contributed by atoms with Crippen molar-refractivity contribution in [2.45, 2.75) is 6.42 Å². The molecule has 0 radical (unpaired) electrons. The Morgan fingerprint density at radius 2 is 1.88 bits per heavy atom. The maximum atomic E-state index is 11.0. The van der Waals surface area contributed by atoms with Crippen LogP contribution in [0.2, 0.25) is 0 Å². The molecule has 1 heterocycles. The summed E-state index contributed by atoms with van der Waals surface area (Å²) < 4.78 is 27.2. The Bertz CT molecular complexity index is 340. The van der Waals surface area contributed by atoms with Crippen LogP contribution in [0.5, 0.6) is 0 Å². The average molecular weight is 272 g/mol. The molecule has 1 aliphatic heterocycles. The third-order valence-corrected chi connectivity index (χ3v) is 3.67. The molecule has 0 bridgehead atoms. The van der Waals surface area contributed by atoms with E-state index in [2.05, 4.69) is 4.29 Å². The van der Waals surface area contributed by atoms with Crippen LogP contribution in [-0.2, 0) is 19.3 Å². The lowest BCUT2D eigenvalue weighted by Gasteiger charge is -2.32. The van der Waals surface area contributed by atoms with Gasteiger partial charge >= 0.3 is 5.97 Å². The molecule has 94 valence electrons. The Kier molecular flexibility index (Phi) is 4.93. The first kappa shape index (κ1) is 13.7. The van der Waals surface area contributed by atoms with Gasteiger partial charge in [0, 0.05) is 32.7 Å². The fourth-order valence-corrected chi connectivity index (χ4v) is 2.24. The molecule has 0 amide bonds. The van der Waals surface area contributed by atoms with Gasteiger partial charge in [0.2, 0.25) is 0 Å². The number of carbonyl (C=O) groups excluding carboxylic acids is 1. The highest BCUT2D eigenvalue weighted by Crippen LogP contribution is 2.05. The molecule has 1 fully saturated rings. The van der Waals surface area contributed by atoms with Gasteiger partial charge in [0.1, 0.15) is 11.9 Å². The van der Waals surface area contributed by atoms with E-state index in [0.29, 0.717) is 32.7 Å². The Hall–Kier alpha value is -0.410. The van der Waals surface area contributed by atoms with Crippen LogP contribution in [0, 0.1) is 0 Å². The number of nitrogens with two attached hydrogens (primary N) is 1. The molecule has 1 aliphatic rings. The van der Waals surface area contributed by atoms with Crippen LogP contribution in [0.15, 0.2) is 0 Å². The first-order valence-electron chi connectivity index (χ1n) is 4.75. The quantitative estimate of drug-likeness (QED) is 0.700. The molecular formula is C7H14ClN3O4S. The molecule has 2 N–H and O–H groups in total. The monoisotopic (exact) mass is 271 g/mol. The molecule has 1 rings (SSSR count). The van der Waals surface area contributed by atoms with Crippen molar-refractivity contribution >= 4 is 28.0 Å². The summed E-state index contributed by atoms with van der Waals surface area (Å²) in [6.07, 6.45) is 0.193. The summed E-state index contributed by atoms with van der Waals surface area (Å²) >= 11 is 4.88. The third-order valence-electron chi connectivity index (χ3n) is 2.41. The van der Waals surface area contributed by atoms with Gasteiger partial charge in [-0.25, -0.2) is 5.14 Å². The van der Waals surface area contributed by atoms with Gasteiger partial charge in [-0.2, -0.15) is 12.7 Å². The molecule has 0 aromatic heterocycles. The number of hydrogen-bond donors (Lipinski definition) is 1. The van der Waals surface area contributed by atoms with Gasteiger partial charge in [0.15, 0.2) is 0 Å². The van der Waals surface area contributed by atoms with Gasteiger partial charge in [-0.15, -0.1) is 0 Å². The van der Waals surface area contributed by atoms with Gasteiger partial charge in [0.05, 0.1) is 6.42 Å². The number of halogens is 1. The number of piperazine rings is 1. The van der Waals surface area contributed by atoms with Crippen LogP contribution in [-0.4, -0.2) is 56.3 Å². The second-order valence-corrected chi connectivity index (χ2v) is 5.19. The highest BCUT2D eigenvalue weighted by Gasteiger charge is 2.23. The van der Waals surface area contributed by atoms with Crippen LogP contribution in [0.3, 0.4) is 0 Å². The minimum absolute atomic E-state index is 0.193. The maximum absolute atomic E-state index is 11.0. The van der Waals surface area contributed by atoms with Crippen LogP contribution >= 0.6 is 11.9 Å². The zero-order chi connectivity index (χ0) is 12.2. The summed E-state index contributed by atoms with van der Waals surface area (Å²) in [4.78, 5) is 12.7. The standard InChI is InChI=1S/C7H14ClN3O4S/c8-15-7(12)1-2-10-3-5-11(6-4-10)16(9,13)14/h1-6H2,(H2,9,13,14). The van der Waals surface area contributed by atoms with E-state index in [4.69, 9.17) is 17.0 Å². The zero-order valence-electron chi connectivity index (χ0n) is 8.63. The fraction of sp³-hybridized carbons (Fsp3) is 0.857. The number of carbonyl (C=O) groups is 1. The highest BCUT2D eigenvalue weighted by atomic mass is 35.5. The van der Waals surface area contributed by atoms with Crippen molar-refractivity contribution in [3.63, 3.8) is 0 Å². The molecule has 0 saturated carbocycles. The first-order chi connectivity index (χ1) is 7.43. The smallest absolute Gasteiger partial charge is 0.326 e. The summed E-state index contributed by atoms with van der Waals surface area (Å²) in [7, 11) is -3.59. The van der Waals surface area contributed by atoms with E-state index in [9.17, 15) is 13.2 Å². The second kappa shape index (κ2) is 5.78. The Morgan fingerprint density at radius 1 is 1.31 bits per heavy atom. The van der Waals surface area contributed by atoms with Gasteiger partial charge < -0.3 is 9.19 Å². The molecule has 0 aliphatic carbocycles.